The number of carbonyl (C=O) groups is 1. The van der Waals surface area contributed by atoms with Crippen LogP contribution >= 0.6 is 0 Å². The first-order valence-corrected chi connectivity index (χ1v) is 15.3. The molecule has 20 atom stereocenters. The van der Waals surface area contributed by atoms with Gasteiger partial charge in [-0.3, -0.25) is 4.79 Å². The van der Waals surface area contributed by atoms with E-state index < -0.39 is 148 Å². The second-order valence-electron chi connectivity index (χ2n) is 12.1. The van der Waals surface area contributed by atoms with Gasteiger partial charge in [-0.15, -0.1) is 0 Å². The first-order chi connectivity index (χ1) is 22.7. The zero-order valence-electron chi connectivity index (χ0n) is 26.3. The molecule has 4 fully saturated rings. The van der Waals surface area contributed by atoms with Crippen molar-refractivity contribution < 1.29 is 98.9 Å². The van der Waals surface area contributed by atoms with E-state index in [-0.39, 0.29) is 0 Å². The van der Waals surface area contributed by atoms with Crippen LogP contribution in [0.3, 0.4) is 0 Å². The molecule has 4 heterocycles. The van der Waals surface area contributed by atoms with E-state index in [1.54, 1.807) is 0 Å². The molecular weight excluding hydrogens is 658 g/mol. The predicted molar refractivity (Wildman–Crippen MR) is 149 cm³/mol. The number of amides is 1. The second-order valence-corrected chi connectivity index (χ2v) is 12.1. The van der Waals surface area contributed by atoms with Crippen LogP contribution in [-0.4, -0.2) is 212 Å². The number of carbonyl (C=O) groups excluding carboxylic acids is 1. The number of rotatable bonds is 11. The summed E-state index contributed by atoms with van der Waals surface area (Å²) >= 11 is 0. The maximum atomic E-state index is 11.9. The summed E-state index contributed by atoms with van der Waals surface area (Å²) in [7, 11) is 1.18. The molecule has 4 aliphatic heterocycles. The van der Waals surface area contributed by atoms with Crippen molar-refractivity contribution in [3.05, 3.63) is 0 Å². The van der Waals surface area contributed by atoms with Gasteiger partial charge < -0.3 is 99.4 Å². The normalized spacial score (nSPS) is 50.2. The molecule has 4 rings (SSSR count). The second kappa shape index (κ2) is 16.8. The summed E-state index contributed by atoms with van der Waals surface area (Å²) in [6.45, 7) is 0.0344. The summed E-state index contributed by atoms with van der Waals surface area (Å²) in [6, 6.07) is -1.47. The van der Waals surface area contributed by atoms with Gasteiger partial charge in [-0.1, -0.05) is 0 Å². The Morgan fingerprint density at radius 2 is 1.06 bits per heavy atom. The first-order valence-electron chi connectivity index (χ1n) is 15.3. The van der Waals surface area contributed by atoms with Crippen LogP contribution in [0.2, 0.25) is 0 Å². The van der Waals surface area contributed by atoms with Crippen LogP contribution in [-0.2, 0) is 42.7 Å². The van der Waals surface area contributed by atoms with E-state index in [1.165, 1.54) is 14.0 Å². The highest BCUT2D eigenvalue weighted by atomic mass is 16.8. The lowest BCUT2D eigenvalue weighted by Gasteiger charge is -2.50. The van der Waals surface area contributed by atoms with Crippen LogP contribution in [0.1, 0.15) is 13.8 Å². The molecule has 0 aromatic heterocycles. The minimum Gasteiger partial charge on any atom is -0.394 e. The van der Waals surface area contributed by atoms with Gasteiger partial charge >= 0.3 is 0 Å². The number of aliphatic hydroxyl groups is 11. The molecule has 0 bridgehead atoms. The summed E-state index contributed by atoms with van der Waals surface area (Å²) in [5, 5.41) is 117. The maximum Gasteiger partial charge on any atom is 0.217 e. The summed E-state index contributed by atoms with van der Waals surface area (Å²) in [5.74, 6) is -0.678. The fourth-order valence-electron chi connectivity index (χ4n) is 6.06. The van der Waals surface area contributed by atoms with Crippen molar-refractivity contribution in [1.82, 2.24) is 5.32 Å². The lowest BCUT2D eigenvalue weighted by atomic mass is 9.95. The van der Waals surface area contributed by atoms with Crippen LogP contribution < -0.4 is 5.32 Å². The van der Waals surface area contributed by atoms with Crippen molar-refractivity contribution >= 4 is 5.91 Å². The Kier molecular flexibility index (Phi) is 13.8. The molecule has 4 saturated heterocycles. The molecule has 0 aliphatic carbocycles. The quantitative estimate of drug-likeness (QED) is 0.0949. The Labute approximate surface area is 274 Å². The fourth-order valence-corrected chi connectivity index (χ4v) is 6.06. The van der Waals surface area contributed by atoms with E-state index in [0.717, 1.165) is 6.92 Å². The Bertz CT molecular complexity index is 1030. The number of methoxy groups -OCH3 is 1. The van der Waals surface area contributed by atoms with Crippen LogP contribution in [0.5, 0.6) is 0 Å². The molecule has 0 spiro atoms. The zero-order valence-corrected chi connectivity index (χ0v) is 26.3. The summed E-state index contributed by atoms with van der Waals surface area (Å²) < 4.78 is 44.9. The minimum absolute atomic E-state index is 0.678. The molecule has 21 heteroatoms. The van der Waals surface area contributed by atoms with Crippen molar-refractivity contribution in [2.75, 3.05) is 26.9 Å². The maximum absolute atomic E-state index is 11.9. The predicted octanol–water partition coefficient (Wildman–Crippen LogP) is -7.92. The van der Waals surface area contributed by atoms with Gasteiger partial charge in [0.2, 0.25) is 5.91 Å². The number of hydrogen-bond donors (Lipinski definition) is 12. The highest BCUT2D eigenvalue weighted by Crippen LogP contribution is 2.35. The van der Waals surface area contributed by atoms with E-state index in [0.29, 0.717) is 0 Å². The molecular formula is C27H47NO20. The van der Waals surface area contributed by atoms with E-state index >= 15 is 0 Å². The zero-order chi connectivity index (χ0) is 35.6. The Hall–Kier alpha value is -1.29. The van der Waals surface area contributed by atoms with E-state index in [4.69, 9.17) is 37.9 Å². The smallest absolute Gasteiger partial charge is 0.217 e. The largest absolute Gasteiger partial charge is 0.394 e. The lowest BCUT2D eigenvalue weighted by molar-refractivity contribution is -0.391. The molecule has 21 nitrogen and oxygen atoms in total. The molecule has 12 N–H and O–H groups in total. The molecule has 1 amide bonds. The third-order valence-electron chi connectivity index (χ3n) is 8.78. The monoisotopic (exact) mass is 705 g/mol. The molecule has 0 unspecified atom stereocenters. The number of ether oxygens (including phenoxy) is 8. The van der Waals surface area contributed by atoms with Gasteiger partial charge in [0.05, 0.1) is 25.9 Å². The summed E-state index contributed by atoms with van der Waals surface area (Å²) in [6.07, 6.45) is -31.0. The van der Waals surface area contributed by atoms with Crippen LogP contribution in [0.15, 0.2) is 0 Å². The van der Waals surface area contributed by atoms with Gasteiger partial charge in [-0.05, 0) is 6.92 Å². The van der Waals surface area contributed by atoms with Crippen molar-refractivity contribution in [3.63, 3.8) is 0 Å². The molecule has 280 valence electrons. The van der Waals surface area contributed by atoms with Crippen molar-refractivity contribution in [2.45, 2.75) is 137 Å². The third kappa shape index (κ3) is 8.10. The Balaban J connectivity index is 1.61. The van der Waals surface area contributed by atoms with Crippen molar-refractivity contribution in [1.29, 1.82) is 0 Å². The highest BCUT2D eigenvalue weighted by molar-refractivity contribution is 5.73. The standard InChI is InChI=1S/C27H47NO20/c1-7-13(33)17(37)18(38)26(42-7)48-23-20(40)25(41-3)45-11(6-31)21(23)46-27-19(39)22(15(35)10(5-30)44-27)47-24-12(28-8(2)32)16(36)14(34)9(4-29)43-24/h7,9-27,29-31,33-40H,4-6H2,1-3H3,(H,28,32)/t7-,9+,10+,11+,12+,13+,14-,15-,16+,17+,18-,19+,20+,21+,22-,23+,24+,25+,26-,27-/m0/s1. The van der Waals surface area contributed by atoms with E-state index in [9.17, 15) is 61.0 Å². The molecule has 4 aliphatic rings. The van der Waals surface area contributed by atoms with Gasteiger partial charge in [0.15, 0.2) is 25.2 Å². The van der Waals surface area contributed by atoms with Crippen LogP contribution in [0.4, 0.5) is 0 Å². The minimum atomic E-state index is -1.99. The topological polar surface area (TPSA) is 325 Å². The Morgan fingerprint density at radius 3 is 1.65 bits per heavy atom. The van der Waals surface area contributed by atoms with Gasteiger partial charge in [-0.2, -0.15) is 0 Å². The summed E-state index contributed by atoms with van der Waals surface area (Å²) in [5.41, 5.74) is 0. The third-order valence-corrected chi connectivity index (χ3v) is 8.78. The van der Waals surface area contributed by atoms with Gasteiger partial charge in [0.25, 0.3) is 0 Å². The molecule has 0 aromatic carbocycles. The SMILES string of the molecule is CO[C@@H]1O[C@H](CO)[C@@H](O[C@@H]2O[C@H](CO)[C@H](O)[C@H](O[C@H]3O[C@H](CO)[C@H](O)[C@H](O)[C@H]3NC(C)=O)[C@H]2O)[C@H](O[C@@H]2O[C@@H](C)[C@@H](O)[C@@H](O)[C@@H]2O)[C@H]1O. The Morgan fingerprint density at radius 1 is 0.562 bits per heavy atom. The number of hydrogen-bond acceptors (Lipinski definition) is 20. The molecule has 0 aromatic rings. The van der Waals surface area contributed by atoms with Gasteiger partial charge in [0, 0.05) is 14.0 Å². The van der Waals surface area contributed by atoms with Gasteiger partial charge in [0.1, 0.15) is 91.5 Å². The number of nitrogens with one attached hydrogen (secondary N) is 1. The van der Waals surface area contributed by atoms with Crippen LogP contribution in [0.25, 0.3) is 0 Å². The molecule has 48 heavy (non-hydrogen) atoms. The lowest BCUT2D eigenvalue weighted by Crippen LogP contribution is -2.69. The average molecular weight is 706 g/mol. The van der Waals surface area contributed by atoms with Crippen molar-refractivity contribution in [3.8, 4) is 0 Å². The van der Waals surface area contributed by atoms with Gasteiger partial charge in [-0.25, -0.2) is 0 Å². The fraction of sp³-hybridized carbons (Fsp3) is 0.963. The highest BCUT2D eigenvalue weighted by Gasteiger charge is 2.56. The molecule has 0 radical (unpaired) electrons. The van der Waals surface area contributed by atoms with Crippen LogP contribution in [0, 0.1) is 0 Å². The van der Waals surface area contributed by atoms with Crippen molar-refractivity contribution in [2.24, 2.45) is 0 Å². The van der Waals surface area contributed by atoms with E-state index in [1.807, 2.05) is 0 Å². The molecule has 0 saturated carbocycles. The summed E-state index contributed by atoms with van der Waals surface area (Å²) in [4.78, 5) is 11.9. The van der Waals surface area contributed by atoms with E-state index in [2.05, 4.69) is 5.32 Å². The number of aliphatic hydroxyl groups excluding tert-OH is 11. The average Bonchev–Trinajstić information content (AvgIpc) is 3.06. The first kappa shape index (κ1) is 39.5.